The average Bonchev–Trinajstić information content (AvgIpc) is 2.79. The molecule has 0 bridgehead atoms. The largest absolute Gasteiger partial charge is 0.462 e. The molecule has 1 heterocycles. The summed E-state index contributed by atoms with van der Waals surface area (Å²) in [5.41, 5.74) is 2.66. The Kier molecular flexibility index (Phi) is 8.00. The van der Waals surface area contributed by atoms with Crippen LogP contribution in [-0.2, 0) is 9.53 Å². The van der Waals surface area contributed by atoms with Crippen LogP contribution in [0.15, 0.2) is 54.6 Å². The van der Waals surface area contributed by atoms with E-state index in [-0.39, 0.29) is 5.91 Å². The Hall–Kier alpha value is -2.75. The second-order valence-corrected chi connectivity index (χ2v) is 7.98. The second kappa shape index (κ2) is 10.7. The lowest BCUT2D eigenvalue weighted by Crippen LogP contribution is -2.60. The lowest BCUT2D eigenvalue weighted by Gasteiger charge is -2.39. The molecule has 1 aliphatic heterocycles. The maximum atomic E-state index is 12.2. The molecule has 1 aliphatic rings. The Morgan fingerprint density at radius 2 is 1.69 bits per heavy atom. The van der Waals surface area contributed by atoms with Crippen LogP contribution >= 0.6 is 0 Å². The first-order valence-corrected chi connectivity index (χ1v) is 10.4. The topological polar surface area (TPSA) is 128 Å². The van der Waals surface area contributed by atoms with E-state index in [4.69, 9.17) is 9.47 Å². The average molecular weight is 443 g/mol. The van der Waals surface area contributed by atoms with Crippen molar-refractivity contribution in [1.82, 2.24) is 0 Å². The molecule has 2 aromatic carbocycles. The van der Waals surface area contributed by atoms with Crippen molar-refractivity contribution in [3.8, 4) is 5.75 Å². The summed E-state index contributed by atoms with van der Waals surface area (Å²) >= 11 is 0. The number of benzene rings is 2. The minimum absolute atomic E-state index is 0.260. The van der Waals surface area contributed by atoms with Crippen molar-refractivity contribution in [2.75, 3.05) is 11.9 Å². The Morgan fingerprint density at radius 1 is 1.03 bits per heavy atom. The van der Waals surface area contributed by atoms with E-state index in [2.05, 4.69) is 19.2 Å². The first-order chi connectivity index (χ1) is 15.3. The Balaban J connectivity index is 1.56. The summed E-state index contributed by atoms with van der Waals surface area (Å²) in [4.78, 5) is 12.2. The molecular formula is C24H29NO7. The predicted octanol–water partition coefficient (Wildman–Crippen LogP) is 1.64. The van der Waals surface area contributed by atoms with Gasteiger partial charge in [-0.1, -0.05) is 38.1 Å². The zero-order chi connectivity index (χ0) is 23.3. The normalized spacial score (nSPS) is 25.8. The molecule has 1 saturated heterocycles. The van der Waals surface area contributed by atoms with Crippen LogP contribution in [-0.4, -0.2) is 63.6 Å². The zero-order valence-corrected chi connectivity index (χ0v) is 18.0. The summed E-state index contributed by atoms with van der Waals surface area (Å²) < 4.78 is 10.9. The van der Waals surface area contributed by atoms with Crippen LogP contribution < -0.4 is 10.1 Å². The van der Waals surface area contributed by atoms with Crippen molar-refractivity contribution in [3.63, 3.8) is 0 Å². The fourth-order valence-electron chi connectivity index (χ4n) is 3.26. The highest BCUT2D eigenvalue weighted by atomic mass is 16.7. The van der Waals surface area contributed by atoms with Gasteiger partial charge < -0.3 is 35.2 Å². The zero-order valence-electron chi connectivity index (χ0n) is 18.0. The van der Waals surface area contributed by atoms with E-state index in [9.17, 15) is 25.2 Å². The van der Waals surface area contributed by atoms with Crippen LogP contribution in [0.2, 0.25) is 0 Å². The van der Waals surface area contributed by atoms with Crippen LogP contribution in [0.1, 0.15) is 30.9 Å². The smallest absolute Gasteiger partial charge is 0.248 e. The fourth-order valence-corrected chi connectivity index (χ4v) is 3.26. The minimum Gasteiger partial charge on any atom is -0.462 e. The lowest BCUT2D eigenvalue weighted by molar-refractivity contribution is -0.277. The molecule has 0 aromatic heterocycles. The highest BCUT2D eigenvalue weighted by Gasteiger charge is 2.44. The molecule has 1 amide bonds. The SMILES string of the molecule is CC(C)c1ccc(NC(=O)/C=C/c2ccc(O[C@@H]3OC(CO)[C@H](O)C(O)C3O)cc2)cc1. The Bertz CT molecular complexity index is 909. The second-order valence-electron chi connectivity index (χ2n) is 7.98. The molecule has 8 nitrogen and oxygen atoms in total. The monoisotopic (exact) mass is 443 g/mol. The number of carbonyl (C=O) groups is 1. The van der Waals surface area contributed by atoms with Gasteiger partial charge in [0.2, 0.25) is 12.2 Å². The van der Waals surface area contributed by atoms with Crippen molar-refractivity contribution in [1.29, 1.82) is 0 Å². The van der Waals surface area contributed by atoms with Gasteiger partial charge in [0, 0.05) is 11.8 Å². The third-order valence-electron chi connectivity index (χ3n) is 5.25. The first kappa shape index (κ1) is 23.9. The first-order valence-electron chi connectivity index (χ1n) is 10.4. The van der Waals surface area contributed by atoms with E-state index < -0.39 is 37.3 Å². The van der Waals surface area contributed by atoms with Gasteiger partial charge in [-0.3, -0.25) is 4.79 Å². The maximum Gasteiger partial charge on any atom is 0.248 e. The molecule has 0 radical (unpaired) electrons. The number of amides is 1. The molecule has 2 aromatic rings. The highest BCUT2D eigenvalue weighted by molar-refractivity contribution is 6.01. The van der Waals surface area contributed by atoms with Gasteiger partial charge in [0.05, 0.1) is 6.61 Å². The summed E-state index contributed by atoms with van der Waals surface area (Å²) in [6.07, 6.45) is -3.65. The molecule has 8 heteroatoms. The van der Waals surface area contributed by atoms with Crippen LogP contribution in [0, 0.1) is 0 Å². The molecule has 3 rings (SSSR count). The number of ether oxygens (including phenoxy) is 2. The Labute approximate surface area is 186 Å². The molecular weight excluding hydrogens is 414 g/mol. The van der Waals surface area contributed by atoms with E-state index in [1.807, 2.05) is 24.3 Å². The van der Waals surface area contributed by atoms with Crippen molar-refractivity contribution in [3.05, 3.63) is 65.7 Å². The van der Waals surface area contributed by atoms with Crippen LogP contribution in [0.25, 0.3) is 6.08 Å². The predicted molar refractivity (Wildman–Crippen MR) is 119 cm³/mol. The van der Waals surface area contributed by atoms with E-state index in [0.717, 1.165) is 5.56 Å². The molecule has 0 spiro atoms. The van der Waals surface area contributed by atoms with Crippen LogP contribution in [0.5, 0.6) is 5.75 Å². The van der Waals surface area contributed by atoms with Crippen LogP contribution in [0.3, 0.4) is 0 Å². The molecule has 0 aliphatic carbocycles. The standard InChI is InChI=1S/C24H29NO7/c1-14(2)16-6-8-17(9-7-16)25-20(27)12-5-15-3-10-18(11-4-15)31-24-23(30)22(29)21(28)19(13-26)32-24/h3-12,14,19,21-24,26,28-30H,13H2,1-2H3,(H,25,27)/b12-5+/t19?,21-,22?,23?,24+/m0/s1. The van der Waals surface area contributed by atoms with Crippen molar-refractivity contribution in [2.24, 2.45) is 0 Å². The van der Waals surface area contributed by atoms with Gasteiger partial charge in [0.25, 0.3) is 0 Å². The third kappa shape index (κ3) is 5.93. The maximum absolute atomic E-state index is 12.2. The Morgan fingerprint density at radius 3 is 2.28 bits per heavy atom. The molecule has 32 heavy (non-hydrogen) atoms. The summed E-state index contributed by atoms with van der Waals surface area (Å²) in [6.45, 7) is 3.69. The van der Waals surface area contributed by atoms with E-state index in [1.54, 1.807) is 30.3 Å². The number of nitrogens with one attached hydrogen (secondary N) is 1. The van der Waals surface area contributed by atoms with Gasteiger partial charge in [-0.2, -0.15) is 0 Å². The number of aliphatic hydroxyl groups excluding tert-OH is 4. The van der Waals surface area contributed by atoms with Crippen molar-refractivity contribution in [2.45, 2.75) is 50.5 Å². The van der Waals surface area contributed by atoms with Crippen molar-refractivity contribution >= 4 is 17.7 Å². The molecule has 1 fully saturated rings. The van der Waals surface area contributed by atoms with Gasteiger partial charge in [0.15, 0.2) is 0 Å². The summed E-state index contributed by atoms with van der Waals surface area (Å²) in [6, 6.07) is 14.4. The van der Waals surface area contributed by atoms with E-state index in [1.165, 1.54) is 11.6 Å². The quantitative estimate of drug-likeness (QED) is 0.412. The minimum atomic E-state index is -1.51. The molecule has 5 N–H and O–H groups in total. The van der Waals surface area contributed by atoms with E-state index in [0.29, 0.717) is 17.4 Å². The third-order valence-corrected chi connectivity index (χ3v) is 5.25. The van der Waals surface area contributed by atoms with Crippen LogP contribution in [0.4, 0.5) is 5.69 Å². The summed E-state index contributed by atoms with van der Waals surface area (Å²) in [5, 5.41) is 41.8. The van der Waals surface area contributed by atoms with Crippen molar-refractivity contribution < 1.29 is 34.7 Å². The molecule has 0 saturated carbocycles. The molecule has 5 atom stereocenters. The number of hydrogen-bond donors (Lipinski definition) is 5. The lowest BCUT2D eigenvalue weighted by atomic mass is 9.99. The van der Waals surface area contributed by atoms with Gasteiger partial charge in [0.1, 0.15) is 30.2 Å². The number of anilines is 1. The van der Waals surface area contributed by atoms with E-state index >= 15 is 0 Å². The molecule has 172 valence electrons. The molecule has 3 unspecified atom stereocenters. The number of hydrogen-bond acceptors (Lipinski definition) is 7. The van der Waals surface area contributed by atoms with Gasteiger partial charge >= 0.3 is 0 Å². The number of aliphatic hydroxyl groups is 4. The number of rotatable bonds is 7. The number of carbonyl (C=O) groups excluding carboxylic acids is 1. The van der Waals surface area contributed by atoms with Gasteiger partial charge in [-0.05, 0) is 47.4 Å². The highest BCUT2D eigenvalue weighted by Crippen LogP contribution is 2.24. The summed E-state index contributed by atoms with van der Waals surface area (Å²) in [5.74, 6) is 0.512. The fraction of sp³-hybridized carbons (Fsp3) is 0.375. The summed E-state index contributed by atoms with van der Waals surface area (Å²) in [7, 11) is 0. The van der Waals surface area contributed by atoms with Gasteiger partial charge in [-0.25, -0.2) is 0 Å². The van der Waals surface area contributed by atoms with Gasteiger partial charge in [-0.15, -0.1) is 0 Å².